The maximum Gasteiger partial charge on any atom is 0.194 e. The molecule has 0 aromatic heterocycles. The molecular weight excluding hydrogens is 385 g/mol. The molecule has 0 saturated carbocycles. The summed E-state index contributed by atoms with van der Waals surface area (Å²) in [4.78, 5) is 7.08. The van der Waals surface area contributed by atoms with E-state index in [0.29, 0.717) is 0 Å². The van der Waals surface area contributed by atoms with Crippen LogP contribution < -0.4 is 5.32 Å². The highest BCUT2D eigenvalue weighted by atomic mass is 127. The Morgan fingerprint density at radius 2 is 2.00 bits per heavy atom. The van der Waals surface area contributed by atoms with Gasteiger partial charge in [0, 0.05) is 26.2 Å². The van der Waals surface area contributed by atoms with E-state index in [-0.39, 0.29) is 24.0 Å². The molecule has 4 heteroatoms. The minimum absolute atomic E-state index is 0. The van der Waals surface area contributed by atoms with Gasteiger partial charge in [0.25, 0.3) is 0 Å². The second kappa shape index (κ2) is 10.6. The number of rotatable bonds is 5. The Balaban J connectivity index is 0.00000242. The van der Waals surface area contributed by atoms with Gasteiger partial charge in [-0.25, -0.2) is 0 Å². The lowest BCUT2D eigenvalue weighted by molar-refractivity contribution is 0.439. The van der Waals surface area contributed by atoms with Crippen molar-refractivity contribution in [2.75, 3.05) is 26.2 Å². The van der Waals surface area contributed by atoms with Crippen molar-refractivity contribution in [3.05, 3.63) is 42.0 Å². The molecule has 3 nitrogen and oxygen atoms in total. The fraction of sp³-hybridized carbons (Fsp3) is 0.500. The molecule has 1 heterocycles. The van der Waals surface area contributed by atoms with Gasteiger partial charge in [-0.2, -0.15) is 0 Å². The van der Waals surface area contributed by atoms with Gasteiger partial charge in [-0.3, -0.25) is 4.99 Å². The average Bonchev–Trinajstić information content (AvgIpc) is 2.55. The third-order valence-corrected chi connectivity index (χ3v) is 3.76. The van der Waals surface area contributed by atoms with E-state index in [1.54, 1.807) is 0 Å². The Hall–Kier alpha value is -1.04. The number of guanidine groups is 1. The summed E-state index contributed by atoms with van der Waals surface area (Å²) in [6, 6.07) is 10.7. The first-order valence-electron chi connectivity index (χ1n) is 8.12. The molecule has 2 rings (SSSR count). The van der Waals surface area contributed by atoms with Crippen LogP contribution >= 0.6 is 24.0 Å². The highest BCUT2D eigenvalue weighted by Crippen LogP contribution is 2.21. The van der Waals surface area contributed by atoms with Crippen LogP contribution in [0.4, 0.5) is 0 Å². The van der Waals surface area contributed by atoms with E-state index < -0.39 is 0 Å². The van der Waals surface area contributed by atoms with Crippen molar-refractivity contribution < 1.29 is 0 Å². The molecule has 0 aliphatic carbocycles. The van der Waals surface area contributed by atoms with Crippen molar-refractivity contribution in [2.24, 2.45) is 4.99 Å². The van der Waals surface area contributed by atoms with Crippen LogP contribution in [-0.4, -0.2) is 37.0 Å². The predicted octanol–water partition coefficient (Wildman–Crippen LogP) is 4.16. The second-order valence-electron chi connectivity index (χ2n) is 5.38. The van der Waals surface area contributed by atoms with Gasteiger partial charge in [-0.15, -0.1) is 24.0 Å². The van der Waals surface area contributed by atoms with Crippen LogP contribution in [0.5, 0.6) is 0 Å². The van der Waals surface area contributed by atoms with Crippen molar-refractivity contribution in [1.82, 2.24) is 10.2 Å². The van der Waals surface area contributed by atoms with Crippen LogP contribution in [0.3, 0.4) is 0 Å². The molecule has 0 amide bonds. The maximum absolute atomic E-state index is 4.73. The zero-order valence-corrected chi connectivity index (χ0v) is 16.0. The Morgan fingerprint density at radius 3 is 2.59 bits per heavy atom. The number of hydrogen-bond donors (Lipinski definition) is 1. The van der Waals surface area contributed by atoms with E-state index in [1.807, 2.05) is 0 Å². The van der Waals surface area contributed by atoms with Gasteiger partial charge in [0.1, 0.15) is 0 Å². The summed E-state index contributed by atoms with van der Waals surface area (Å²) >= 11 is 0. The number of hydrogen-bond acceptors (Lipinski definition) is 1. The summed E-state index contributed by atoms with van der Waals surface area (Å²) < 4.78 is 0. The summed E-state index contributed by atoms with van der Waals surface area (Å²) in [7, 11) is 0. The highest BCUT2D eigenvalue weighted by molar-refractivity contribution is 14.0. The maximum atomic E-state index is 4.73. The van der Waals surface area contributed by atoms with E-state index >= 15 is 0 Å². The Kier molecular flexibility index (Phi) is 9.20. The van der Waals surface area contributed by atoms with Crippen LogP contribution in [0.2, 0.25) is 0 Å². The molecule has 0 fully saturated rings. The summed E-state index contributed by atoms with van der Waals surface area (Å²) in [6.45, 7) is 8.17. The first-order chi connectivity index (χ1) is 10.3. The average molecular weight is 413 g/mol. The molecule has 0 spiro atoms. The molecule has 0 atom stereocenters. The largest absolute Gasteiger partial charge is 0.357 e. The van der Waals surface area contributed by atoms with Gasteiger partial charge in [0.15, 0.2) is 5.96 Å². The fourth-order valence-electron chi connectivity index (χ4n) is 2.54. The lowest BCUT2D eigenvalue weighted by Crippen LogP contribution is -2.43. The number of nitrogens with one attached hydrogen (secondary N) is 1. The number of nitrogens with zero attached hydrogens (tertiary/aromatic N) is 2. The molecule has 0 unspecified atom stereocenters. The lowest BCUT2D eigenvalue weighted by atomic mass is 10.00. The van der Waals surface area contributed by atoms with Gasteiger partial charge in [0.05, 0.1) is 0 Å². The molecule has 1 aliphatic rings. The first-order valence-corrected chi connectivity index (χ1v) is 8.12. The zero-order chi connectivity index (χ0) is 14.9. The second-order valence-corrected chi connectivity index (χ2v) is 5.38. The van der Waals surface area contributed by atoms with E-state index in [1.165, 1.54) is 17.6 Å². The predicted molar refractivity (Wildman–Crippen MR) is 107 cm³/mol. The van der Waals surface area contributed by atoms with Crippen molar-refractivity contribution in [2.45, 2.75) is 33.1 Å². The van der Waals surface area contributed by atoms with E-state index in [2.05, 4.69) is 60.5 Å². The molecule has 122 valence electrons. The first kappa shape index (κ1) is 19.0. The third kappa shape index (κ3) is 5.63. The van der Waals surface area contributed by atoms with Gasteiger partial charge in [0.2, 0.25) is 0 Å². The summed E-state index contributed by atoms with van der Waals surface area (Å²) in [5, 5.41) is 3.41. The van der Waals surface area contributed by atoms with Gasteiger partial charge in [-0.05, 0) is 30.9 Å². The van der Waals surface area contributed by atoms with Gasteiger partial charge < -0.3 is 10.2 Å². The van der Waals surface area contributed by atoms with E-state index in [4.69, 9.17) is 4.99 Å². The number of benzene rings is 1. The van der Waals surface area contributed by atoms with E-state index in [0.717, 1.165) is 45.0 Å². The van der Waals surface area contributed by atoms with E-state index in [9.17, 15) is 0 Å². The third-order valence-electron chi connectivity index (χ3n) is 3.76. The SMILES string of the molecule is CCCCN=C(NCC)N1CC=C(c2ccccc2)CC1.I. The fourth-order valence-corrected chi connectivity index (χ4v) is 2.54. The summed E-state index contributed by atoms with van der Waals surface area (Å²) in [5.41, 5.74) is 2.81. The minimum atomic E-state index is 0. The van der Waals surface area contributed by atoms with Crippen LogP contribution in [0, 0.1) is 0 Å². The lowest BCUT2D eigenvalue weighted by Gasteiger charge is -2.29. The highest BCUT2D eigenvalue weighted by Gasteiger charge is 2.15. The molecule has 0 bridgehead atoms. The topological polar surface area (TPSA) is 27.6 Å². The van der Waals surface area contributed by atoms with Crippen LogP contribution in [0.1, 0.15) is 38.7 Å². The monoisotopic (exact) mass is 413 g/mol. The van der Waals surface area contributed by atoms with Crippen LogP contribution in [0.25, 0.3) is 5.57 Å². The number of halogens is 1. The van der Waals surface area contributed by atoms with Crippen LogP contribution in [0.15, 0.2) is 41.4 Å². The quantitative estimate of drug-likeness (QED) is 0.340. The number of unbranched alkanes of at least 4 members (excludes halogenated alkanes) is 1. The Morgan fingerprint density at radius 1 is 1.23 bits per heavy atom. The number of aliphatic imine (C=N–C) groups is 1. The van der Waals surface area contributed by atoms with Crippen LogP contribution in [-0.2, 0) is 0 Å². The normalized spacial score (nSPS) is 15.1. The molecule has 1 N–H and O–H groups in total. The van der Waals surface area contributed by atoms with Crippen molar-refractivity contribution in [3.8, 4) is 0 Å². The van der Waals surface area contributed by atoms with Crippen molar-refractivity contribution in [3.63, 3.8) is 0 Å². The van der Waals surface area contributed by atoms with Gasteiger partial charge in [-0.1, -0.05) is 49.8 Å². The molecule has 1 aromatic carbocycles. The minimum Gasteiger partial charge on any atom is -0.357 e. The molecule has 1 aliphatic heterocycles. The summed E-state index contributed by atoms with van der Waals surface area (Å²) in [6.07, 6.45) is 5.78. The van der Waals surface area contributed by atoms with Crippen molar-refractivity contribution in [1.29, 1.82) is 0 Å². The van der Waals surface area contributed by atoms with Crippen molar-refractivity contribution >= 4 is 35.5 Å². The Bertz CT molecular complexity index is 482. The molecule has 0 radical (unpaired) electrons. The smallest absolute Gasteiger partial charge is 0.194 e. The summed E-state index contributed by atoms with van der Waals surface area (Å²) in [5.74, 6) is 1.06. The zero-order valence-electron chi connectivity index (χ0n) is 13.7. The molecule has 0 saturated heterocycles. The molecular formula is C18H28IN3. The standard InChI is InChI=1S/C18H27N3.HI/c1-3-5-13-20-18(19-4-2)21-14-11-17(12-15-21)16-9-7-6-8-10-16;/h6-11H,3-5,12-15H2,1-2H3,(H,19,20);1H. The Labute approximate surface area is 151 Å². The molecule has 22 heavy (non-hydrogen) atoms. The van der Waals surface area contributed by atoms with Gasteiger partial charge >= 0.3 is 0 Å². The molecule has 1 aromatic rings.